The predicted octanol–water partition coefficient (Wildman–Crippen LogP) is 8.73. The summed E-state index contributed by atoms with van der Waals surface area (Å²) in [6.07, 6.45) is 3.36. The van der Waals surface area contributed by atoms with E-state index in [-0.39, 0.29) is 11.7 Å². The molecule has 0 aliphatic heterocycles. The lowest BCUT2D eigenvalue weighted by atomic mass is 9.98. The second-order valence-corrected chi connectivity index (χ2v) is 11.5. The molecule has 0 fully saturated rings. The molecule has 6 aromatic rings. The molecular formula is C34H25N3O2S2. The first-order chi connectivity index (χ1) is 20.0. The zero-order valence-electron chi connectivity index (χ0n) is 22.1. The Balaban J connectivity index is 1.32. The van der Waals surface area contributed by atoms with Crippen LogP contribution in [0.25, 0.3) is 38.7 Å². The maximum absolute atomic E-state index is 13.4. The number of aryl methyl sites for hydroxylation is 1. The summed E-state index contributed by atoms with van der Waals surface area (Å²) in [4.78, 5) is 33.0. The molecule has 0 spiro atoms. The minimum absolute atomic E-state index is 0.103. The van der Waals surface area contributed by atoms with Gasteiger partial charge in [-0.05, 0) is 72.0 Å². The molecule has 7 heteroatoms. The second kappa shape index (κ2) is 11.3. The van der Waals surface area contributed by atoms with Gasteiger partial charge in [0.2, 0.25) is 0 Å². The molecule has 5 nitrogen and oxygen atoms in total. The fraction of sp³-hybridized carbons (Fsp3) is 0.0294. The van der Waals surface area contributed by atoms with Crippen molar-refractivity contribution in [2.24, 2.45) is 0 Å². The van der Waals surface area contributed by atoms with Gasteiger partial charge in [0.1, 0.15) is 9.71 Å². The zero-order valence-corrected chi connectivity index (χ0v) is 23.8. The van der Waals surface area contributed by atoms with Gasteiger partial charge in [-0.3, -0.25) is 9.59 Å². The monoisotopic (exact) mass is 571 g/mol. The molecule has 0 unspecified atom stereocenters. The van der Waals surface area contributed by atoms with Gasteiger partial charge in [0.25, 0.3) is 5.91 Å². The van der Waals surface area contributed by atoms with Gasteiger partial charge >= 0.3 is 0 Å². The minimum atomic E-state index is -0.321. The number of benzene rings is 3. The Kier molecular flexibility index (Phi) is 7.29. The van der Waals surface area contributed by atoms with Gasteiger partial charge < -0.3 is 11.1 Å². The fourth-order valence-corrected chi connectivity index (χ4v) is 6.27. The lowest BCUT2D eigenvalue weighted by Crippen LogP contribution is -2.12. The number of aromatic nitrogens is 1. The van der Waals surface area contributed by atoms with Crippen LogP contribution in [0.1, 0.15) is 30.5 Å². The van der Waals surface area contributed by atoms with Gasteiger partial charge in [-0.2, -0.15) is 0 Å². The number of nitrogen functional groups attached to an aromatic ring is 1. The standard InChI is InChI=1S/C34H25N3O2S2/c1-21-7-5-10-24(19-21)27-20-28(22-8-3-2-4-9-22)37-34-30(27)31(35)32(41-34)33(39)36-25-14-12-23(13-15-25)29(38)17-16-26-11-6-18-40-26/h2-20H,35H2,1H3,(H,36,39)/b17-16+. The lowest BCUT2D eigenvalue weighted by Gasteiger charge is -2.10. The number of pyridine rings is 1. The van der Waals surface area contributed by atoms with Crippen LogP contribution in [-0.2, 0) is 0 Å². The van der Waals surface area contributed by atoms with E-state index >= 15 is 0 Å². The van der Waals surface area contributed by atoms with Crippen LogP contribution in [0, 0.1) is 6.92 Å². The topological polar surface area (TPSA) is 85.1 Å². The summed E-state index contributed by atoms with van der Waals surface area (Å²) in [7, 11) is 0. The van der Waals surface area contributed by atoms with Gasteiger partial charge in [-0.25, -0.2) is 4.98 Å². The van der Waals surface area contributed by atoms with Gasteiger partial charge in [0.15, 0.2) is 5.78 Å². The zero-order chi connectivity index (χ0) is 28.3. The van der Waals surface area contributed by atoms with Crippen LogP contribution < -0.4 is 11.1 Å². The molecule has 0 radical (unpaired) electrons. The maximum atomic E-state index is 13.4. The van der Waals surface area contributed by atoms with Crippen LogP contribution in [0.4, 0.5) is 11.4 Å². The Morgan fingerprint density at radius 1 is 0.878 bits per heavy atom. The van der Waals surface area contributed by atoms with E-state index in [1.165, 1.54) is 11.3 Å². The number of nitrogens with zero attached hydrogens (tertiary/aromatic N) is 1. The van der Waals surface area contributed by atoms with E-state index in [2.05, 4.69) is 24.4 Å². The number of carbonyl (C=O) groups excluding carboxylic acids is 2. The molecule has 41 heavy (non-hydrogen) atoms. The van der Waals surface area contributed by atoms with Crippen LogP contribution in [-0.4, -0.2) is 16.7 Å². The first kappa shape index (κ1) is 26.4. The average Bonchev–Trinajstić information content (AvgIpc) is 3.64. The molecule has 3 N–H and O–H groups in total. The highest BCUT2D eigenvalue weighted by atomic mass is 32.1. The lowest BCUT2D eigenvalue weighted by molar-refractivity contribution is 0.102. The fourth-order valence-electron chi connectivity index (χ4n) is 4.63. The molecule has 0 aliphatic rings. The summed E-state index contributed by atoms with van der Waals surface area (Å²) >= 11 is 2.85. The summed E-state index contributed by atoms with van der Waals surface area (Å²) in [6.45, 7) is 2.05. The van der Waals surface area contributed by atoms with Crippen molar-refractivity contribution in [1.82, 2.24) is 4.98 Å². The van der Waals surface area contributed by atoms with Crippen molar-refractivity contribution < 1.29 is 9.59 Å². The third-order valence-electron chi connectivity index (χ3n) is 6.67. The van der Waals surface area contributed by atoms with Crippen LogP contribution in [0.15, 0.2) is 109 Å². The van der Waals surface area contributed by atoms with Crippen molar-refractivity contribution in [3.05, 3.63) is 129 Å². The van der Waals surface area contributed by atoms with Crippen LogP contribution in [0.2, 0.25) is 0 Å². The van der Waals surface area contributed by atoms with E-state index in [0.29, 0.717) is 26.6 Å². The summed E-state index contributed by atoms with van der Waals surface area (Å²) in [5.41, 5.74) is 13.0. The number of thiophene rings is 2. The van der Waals surface area contributed by atoms with E-state index in [1.54, 1.807) is 47.8 Å². The van der Waals surface area contributed by atoms with Crippen LogP contribution >= 0.6 is 22.7 Å². The average molecular weight is 572 g/mol. The molecule has 3 heterocycles. The van der Waals surface area contributed by atoms with Crippen molar-refractivity contribution in [1.29, 1.82) is 0 Å². The molecule has 6 rings (SSSR count). The molecule has 3 aromatic heterocycles. The van der Waals surface area contributed by atoms with E-state index < -0.39 is 0 Å². The minimum Gasteiger partial charge on any atom is -0.397 e. The molecule has 0 saturated carbocycles. The van der Waals surface area contributed by atoms with Crippen LogP contribution in [0.3, 0.4) is 0 Å². The number of nitrogens with one attached hydrogen (secondary N) is 1. The number of allylic oxidation sites excluding steroid dienone is 1. The van der Waals surface area contributed by atoms with Gasteiger partial charge in [-0.15, -0.1) is 22.7 Å². The number of ketones is 1. The SMILES string of the molecule is Cc1cccc(-c2cc(-c3ccccc3)nc3sc(C(=O)Nc4ccc(C(=O)/C=C/c5cccs5)cc4)c(N)c23)c1. The van der Waals surface area contributed by atoms with E-state index in [0.717, 1.165) is 38.2 Å². The van der Waals surface area contributed by atoms with Crippen molar-refractivity contribution in [2.75, 3.05) is 11.1 Å². The van der Waals surface area contributed by atoms with Gasteiger partial charge in [0, 0.05) is 27.1 Å². The number of rotatable bonds is 7. The first-order valence-electron chi connectivity index (χ1n) is 13.0. The molecule has 0 aliphatic carbocycles. The van der Waals surface area contributed by atoms with Crippen molar-refractivity contribution in [3.63, 3.8) is 0 Å². The summed E-state index contributed by atoms with van der Waals surface area (Å²) in [5.74, 6) is -0.423. The smallest absolute Gasteiger partial charge is 0.267 e. The van der Waals surface area contributed by atoms with Crippen LogP contribution in [0.5, 0.6) is 0 Å². The number of carbonyl (C=O) groups is 2. The number of amides is 1. The highest BCUT2D eigenvalue weighted by Gasteiger charge is 2.22. The second-order valence-electron chi connectivity index (χ2n) is 9.56. The molecular weight excluding hydrogens is 547 g/mol. The Morgan fingerprint density at radius 3 is 2.39 bits per heavy atom. The van der Waals surface area contributed by atoms with Gasteiger partial charge in [-0.1, -0.05) is 66.2 Å². The van der Waals surface area contributed by atoms with E-state index in [9.17, 15) is 9.59 Å². The Labute approximate surface area is 245 Å². The molecule has 0 bridgehead atoms. The molecule has 1 amide bonds. The van der Waals surface area contributed by atoms with E-state index in [4.69, 9.17) is 10.7 Å². The largest absolute Gasteiger partial charge is 0.397 e. The summed E-state index contributed by atoms with van der Waals surface area (Å²) in [5, 5.41) is 5.66. The number of anilines is 2. The molecule has 0 atom stereocenters. The number of hydrogen-bond donors (Lipinski definition) is 2. The number of hydrogen-bond acceptors (Lipinski definition) is 6. The third-order valence-corrected chi connectivity index (χ3v) is 8.61. The Morgan fingerprint density at radius 2 is 1.66 bits per heavy atom. The highest BCUT2D eigenvalue weighted by Crippen LogP contribution is 2.41. The van der Waals surface area contributed by atoms with Crippen molar-refractivity contribution in [2.45, 2.75) is 6.92 Å². The normalized spacial score (nSPS) is 11.2. The van der Waals surface area contributed by atoms with Crippen molar-refractivity contribution >= 4 is 62.0 Å². The van der Waals surface area contributed by atoms with Gasteiger partial charge in [0.05, 0.1) is 11.4 Å². The third kappa shape index (κ3) is 5.59. The summed E-state index contributed by atoms with van der Waals surface area (Å²) in [6, 6.07) is 31.0. The number of nitrogens with two attached hydrogens (primary N) is 1. The molecule has 200 valence electrons. The predicted molar refractivity (Wildman–Crippen MR) is 172 cm³/mol. The quantitative estimate of drug-likeness (QED) is 0.148. The first-order valence-corrected chi connectivity index (χ1v) is 14.7. The Bertz CT molecular complexity index is 1910. The van der Waals surface area contributed by atoms with Crippen molar-refractivity contribution in [3.8, 4) is 22.4 Å². The van der Waals surface area contributed by atoms with E-state index in [1.807, 2.05) is 66.0 Å². The Hall–Kier alpha value is -4.85. The summed E-state index contributed by atoms with van der Waals surface area (Å²) < 4.78 is 0. The highest BCUT2D eigenvalue weighted by molar-refractivity contribution is 7.21. The molecule has 0 saturated heterocycles. The molecule has 3 aromatic carbocycles. The number of fused-ring (bicyclic) bond motifs is 1. The maximum Gasteiger partial charge on any atom is 0.267 e.